The maximum Gasteiger partial charge on any atom is 0.174 e. The number of rotatable bonds is 5. The topological polar surface area (TPSA) is 33.7 Å². The van der Waals surface area contributed by atoms with Gasteiger partial charge in [-0.1, -0.05) is 0 Å². The molecule has 1 N–H and O–H groups in total. The van der Waals surface area contributed by atoms with Gasteiger partial charge in [-0.05, 0) is 71.9 Å². The minimum absolute atomic E-state index is 0. The average molecular weight is 406 g/mol. The lowest BCUT2D eigenvalue weighted by molar-refractivity contribution is 0.267. The summed E-state index contributed by atoms with van der Waals surface area (Å²) in [7, 11) is 1.68. The molecular weight excluding hydrogens is 380 g/mol. The van der Waals surface area contributed by atoms with Crippen molar-refractivity contribution in [3.05, 3.63) is 22.2 Å². The molecule has 2 fully saturated rings. The van der Waals surface area contributed by atoms with Crippen molar-refractivity contribution >= 4 is 28.3 Å². The van der Waals surface area contributed by atoms with Crippen LogP contribution in [0, 0.1) is 5.41 Å². The highest BCUT2D eigenvalue weighted by Crippen LogP contribution is 2.39. The fourth-order valence-corrected chi connectivity index (χ4v) is 4.39. The maximum absolute atomic E-state index is 5.72. The van der Waals surface area contributed by atoms with Crippen LogP contribution < -0.4 is 14.8 Å². The summed E-state index contributed by atoms with van der Waals surface area (Å²) in [6, 6.07) is 4.27. The van der Waals surface area contributed by atoms with E-state index in [0.29, 0.717) is 12.0 Å². The molecule has 1 unspecified atom stereocenters. The summed E-state index contributed by atoms with van der Waals surface area (Å²) in [6.07, 6.45) is 2.63. The van der Waals surface area contributed by atoms with Crippen LogP contribution in [0.1, 0.15) is 25.3 Å². The fraction of sp³-hybridized carbons (Fsp3) is 0.647. The Morgan fingerprint density at radius 3 is 2.83 bits per heavy atom. The van der Waals surface area contributed by atoms with E-state index in [1.807, 2.05) is 6.92 Å². The summed E-state index contributed by atoms with van der Waals surface area (Å²) in [5, 5.41) is 3.52. The number of halogens is 2. The van der Waals surface area contributed by atoms with Crippen molar-refractivity contribution in [3.8, 4) is 11.5 Å². The predicted octanol–water partition coefficient (Wildman–Crippen LogP) is 3.46. The highest BCUT2D eigenvalue weighted by atomic mass is 79.9. The van der Waals surface area contributed by atoms with E-state index < -0.39 is 0 Å². The van der Waals surface area contributed by atoms with Gasteiger partial charge in [-0.3, -0.25) is 4.90 Å². The Bertz CT molecular complexity index is 536. The molecule has 0 saturated carbocycles. The maximum atomic E-state index is 5.72. The smallest absolute Gasteiger partial charge is 0.174 e. The lowest BCUT2D eigenvalue weighted by Crippen LogP contribution is -2.28. The van der Waals surface area contributed by atoms with Crippen LogP contribution in [-0.2, 0) is 6.54 Å². The molecule has 130 valence electrons. The van der Waals surface area contributed by atoms with Gasteiger partial charge in [0.15, 0.2) is 11.5 Å². The molecule has 2 aliphatic rings. The first-order valence-electron chi connectivity index (χ1n) is 8.08. The highest BCUT2D eigenvalue weighted by molar-refractivity contribution is 9.10. The first-order chi connectivity index (χ1) is 10.7. The minimum Gasteiger partial charge on any atom is -0.492 e. The number of hydrogen-bond donors (Lipinski definition) is 1. The van der Waals surface area contributed by atoms with E-state index in [0.717, 1.165) is 22.5 Å². The summed E-state index contributed by atoms with van der Waals surface area (Å²) in [6.45, 7) is 8.37. The minimum atomic E-state index is 0. The van der Waals surface area contributed by atoms with Gasteiger partial charge >= 0.3 is 0 Å². The standard InChI is InChI=1S/C17H25BrN2O2.ClH/c1-3-22-15-9-13(8-14(18)16(15)21-2)10-20-7-5-17(12-20)4-6-19-11-17;/h8-9,19H,3-7,10-12H2,1-2H3;1H. The van der Waals surface area contributed by atoms with Crippen molar-refractivity contribution in [2.75, 3.05) is 39.9 Å². The SMILES string of the molecule is CCOc1cc(CN2CCC3(CCNC3)C2)cc(Br)c1OC.Cl. The normalized spacial score (nSPS) is 24.0. The Morgan fingerprint density at radius 2 is 2.17 bits per heavy atom. The van der Waals surface area contributed by atoms with Crippen molar-refractivity contribution < 1.29 is 9.47 Å². The number of likely N-dealkylation sites (tertiary alicyclic amines) is 1. The van der Waals surface area contributed by atoms with E-state index in [4.69, 9.17) is 9.47 Å². The van der Waals surface area contributed by atoms with E-state index in [-0.39, 0.29) is 12.4 Å². The van der Waals surface area contributed by atoms with Crippen molar-refractivity contribution in [3.63, 3.8) is 0 Å². The molecule has 0 amide bonds. The molecule has 1 atom stereocenters. The summed E-state index contributed by atoms with van der Waals surface area (Å²) >= 11 is 3.60. The second-order valence-corrected chi connectivity index (χ2v) is 7.28. The zero-order chi connectivity index (χ0) is 15.6. The Labute approximate surface area is 153 Å². The van der Waals surface area contributed by atoms with Crippen LogP contribution in [0.25, 0.3) is 0 Å². The monoisotopic (exact) mass is 404 g/mol. The summed E-state index contributed by atoms with van der Waals surface area (Å²) in [5.74, 6) is 1.61. The van der Waals surface area contributed by atoms with Crippen LogP contribution in [0.5, 0.6) is 11.5 Å². The van der Waals surface area contributed by atoms with Gasteiger partial charge in [0.2, 0.25) is 0 Å². The molecule has 6 heteroatoms. The number of methoxy groups -OCH3 is 1. The van der Waals surface area contributed by atoms with E-state index in [1.165, 1.54) is 44.6 Å². The molecule has 0 bridgehead atoms. The second kappa shape index (κ2) is 8.06. The van der Waals surface area contributed by atoms with Gasteiger partial charge in [0.25, 0.3) is 0 Å². The van der Waals surface area contributed by atoms with Crippen LogP contribution >= 0.6 is 28.3 Å². The van der Waals surface area contributed by atoms with E-state index in [9.17, 15) is 0 Å². The van der Waals surface area contributed by atoms with E-state index >= 15 is 0 Å². The van der Waals surface area contributed by atoms with Crippen molar-refractivity contribution in [2.24, 2.45) is 5.41 Å². The molecule has 23 heavy (non-hydrogen) atoms. The molecule has 4 nitrogen and oxygen atoms in total. The van der Waals surface area contributed by atoms with Crippen LogP contribution in [0.2, 0.25) is 0 Å². The van der Waals surface area contributed by atoms with Gasteiger partial charge in [0.05, 0.1) is 18.2 Å². The van der Waals surface area contributed by atoms with Crippen LogP contribution in [-0.4, -0.2) is 44.8 Å². The molecule has 0 aromatic heterocycles. The van der Waals surface area contributed by atoms with Crippen LogP contribution in [0.3, 0.4) is 0 Å². The molecule has 2 heterocycles. The first kappa shape index (κ1) is 18.8. The third-order valence-electron chi connectivity index (χ3n) is 4.83. The Morgan fingerprint density at radius 1 is 1.35 bits per heavy atom. The van der Waals surface area contributed by atoms with Gasteiger partial charge in [0.1, 0.15) is 0 Å². The zero-order valence-corrected chi connectivity index (χ0v) is 16.3. The summed E-state index contributed by atoms with van der Waals surface area (Å²) < 4.78 is 12.1. The number of benzene rings is 1. The van der Waals surface area contributed by atoms with Gasteiger partial charge in [-0.15, -0.1) is 12.4 Å². The van der Waals surface area contributed by atoms with Gasteiger partial charge in [0, 0.05) is 19.6 Å². The molecule has 0 aliphatic carbocycles. The predicted molar refractivity (Wildman–Crippen MR) is 98.9 cm³/mol. The molecule has 2 saturated heterocycles. The van der Waals surface area contributed by atoms with Crippen LogP contribution in [0.15, 0.2) is 16.6 Å². The summed E-state index contributed by atoms with van der Waals surface area (Å²) in [4.78, 5) is 2.57. The zero-order valence-electron chi connectivity index (χ0n) is 13.9. The van der Waals surface area contributed by atoms with Crippen LogP contribution in [0.4, 0.5) is 0 Å². The molecule has 1 spiro atoms. The second-order valence-electron chi connectivity index (χ2n) is 6.43. The average Bonchev–Trinajstić information content (AvgIpc) is 3.10. The van der Waals surface area contributed by atoms with Crippen molar-refractivity contribution in [2.45, 2.75) is 26.3 Å². The third kappa shape index (κ3) is 4.13. The number of nitrogens with zero attached hydrogens (tertiary/aromatic N) is 1. The van der Waals surface area contributed by atoms with Crippen molar-refractivity contribution in [1.29, 1.82) is 0 Å². The lowest BCUT2D eigenvalue weighted by Gasteiger charge is -2.23. The quantitative estimate of drug-likeness (QED) is 0.813. The Kier molecular flexibility index (Phi) is 6.60. The Balaban J connectivity index is 0.00000192. The third-order valence-corrected chi connectivity index (χ3v) is 5.42. The Hall–Kier alpha value is -0.490. The van der Waals surface area contributed by atoms with E-state index in [1.54, 1.807) is 7.11 Å². The van der Waals surface area contributed by atoms with Gasteiger partial charge in [-0.25, -0.2) is 0 Å². The number of ether oxygens (including phenoxy) is 2. The molecule has 2 aliphatic heterocycles. The van der Waals surface area contributed by atoms with Gasteiger partial charge < -0.3 is 14.8 Å². The molecule has 1 aromatic rings. The molecular formula is C17H26BrClN2O2. The lowest BCUT2D eigenvalue weighted by atomic mass is 9.86. The highest BCUT2D eigenvalue weighted by Gasteiger charge is 2.40. The summed E-state index contributed by atoms with van der Waals surface area (Å²) in [5.41, 5.74) is 1.80. The molecule has 3 rings (SSSR count). The molecule has 0 radical (unpaired) electrons. The largest absolute Gasteiger partial charge is 0.492 e. The molecule has 1 aromatic carbocycles. The number of hydrogen-bond acceptors (Lipinski definition) is 4. The van der Waals surface area contributed by atoms with Crippen molar-refractivity contribution in [1.82, 2.24) is 10.2 Å². The fourth-order valence-electron chi connectivity index (χ4n) is 3.74. The first-order valence-corrected chi connectivity index (χ1v) is 8.87. The van der Waals surface area contributed by atoms with Gasteiger partial charge in [-0.2, -0.15) is 0 Å². The van der Waals surface area contributed by atoms with E-state index in [2.05, 4.69) is 38.3 Å². The number of nitrogens with one attached hydrogen (secondary N) is 1.